The number of thiophene rings is 1. The van der Waals surface area contributed by atoms with E-state index in [0.717, 1.165) is 8.26 Å². The molecule has 2 aromatic rings. The van der Waals surface area contributed by atoms with E-state index in [1.807, 2.05) is 0 Å². The van der Waals surface area contributed by atoms with Gasteiger partial charge in [0.05, 0.1) is 9.83 Å². The van der Waals surface area contributed by atoms with Crippen LogP contribution in [-0.2, 0) is 12.8 Å². The van der Waals surface area contributed by atoms with Crippen LogP contribution < -0.4 is 5.73 Å². The van der Waals surface area contributed by atoms with Gasteiger partial charge in [0.2, 0.25) is 0 Å². The first-order chi connectivity index (χ1) is 9.15. The second-order valence-electron chi connectivity index (χ2n) is 4.98. The zero-order chi connectivity index (χ0) is 13.4. The van der Waals surface area contributed by atoms with E-state index in [0.29, 0.717) is 0 Å². The van der Waals surface area contributed by atoms with Gasteiger partial charge in [-0.1, -0.05) is 18.2 Å². The third-order valence-electron chi connectivity index (χ3n) is 3.70. The third-order valence-corrected chi connectivity index (χ3v) is 7.04. The molecule has 1 aromatic heterocycles. The standard InChI is InChI=1S/C15H15Br2NS/c16-12-8-13(19-15(12)17)14(18)11-6-5-9-3-1-2-4-10(9)7-11/h5-8,14H,1-4,18H2. The lowest BCUT2D eigenvalue weighted by Gasteiger charge is -2.18. The number of hydrogen-bond acceptors (Lipinski definition) is 2. The quantitative estimate of drug-likeness (QED) is 0.736. The van der Waals surface area contributed by atoms with Crippen molar-refractivity contribution in [3.05, 3.63) is 54.1 Å². The SMILES string of the molecule is NC(c1ccc2c(c1)CCCC2)c1cc(Br)c(Br)s1. The molecular formula is C15H15Br2NS. The van der Waals surface area contributed by atoms with E-state index < -0.39 is 0 Å². The Bertz CT molecular complexity index is 587. The second-order valence-corrected chi connectivity index (χ2v) is 8.24. The van der Waals surface area contributed by atoms with Crippen molar-refractivity contribution in [3.8, 4) is 0 Å². The lowest BCUT2D eigenvalue weighted by Crippen LogP contribution is -2.12. The second kappa shape index (κ2) is 5.68. The van der Waals surface area contributed by atoms with Crippen LogP contribution in [0.4, 0.5) is 0 Å². The van der Waals surface area contributed by atoms with Gasteiger partial charge in [0.15, 0.2) is 0 Å². The van der Waals surface area contributed by atoms with Crippen molar-refractivity contribution in [3.63, 3.8) is 0 Å². The van der Waals surface area contributed by atoms with Crippen molar-refractivity contribution in [1.29, 1.82) is 0 Å². The van der Waals surface area contributed by atoms with Crippen LogP contribution in [0.3, 0.4) is 0 Å². The van der Waals surface area contributed by atoms with Gasteiger partial charge in [0.1, 0.15) is 0 Å². The number of rotatable bonds is 2. The van der Waals surface area contributed by atoms with Gasteiger partial charge in [-0.15, -0.1) is 11.3 Å². The summed E-state index contributed by atoms with van der Waals surface area (Å²) < 4.78 is 2.19. The summed E-state index contributed by atoms with van der Waals surface area (Å²) >= 11 is 8.76. The lowest BCUT2D eigenvalue weighted by molar-refractivity contribution is 0.683. The zero-order valence-corrected chi connectivity index (χ0v) is 14.4. The lowest BCUT2D eigenvalue weighted by atomic mass is 9.89. The number of aryl methyl sites for hydroxylation is 2. The Balaban J connectivity index is 1.93. The molecule has 100 valence electrons. The molecule has 0 fully saturated rings. The zero-order valence-electron chi connectivity index (χ0n) is 10.5. The van der Waals surface area contributed by atoms with Crippen LogP contribution >= 0.6 is 43.2 Å². The molecule has 19 heavy (non-hydrogen) atoms. The molecule has 4 heteroatoms. The molecule has 0 spiro atoms. The number of nitrogens with two attached hydrogens (primary N) is 1. The van der Waals surface area contributed by atoms with Crippen molar-refractivity contribution in [2.24, 2.45) is 5.73 Å². The first kappa shape index (κ1) is 13.8. The maximum Gasteiger partial charge on any atom is 0.0843 e. The third kappa shape index (κ3) is 2.82. The highest BCUT2D eigenvalue weighted by Gasteiger charge is 2.16. The van der Waals surface area contributed by atoms with Crippen LogP contribution in [0.2, 0.25) is 0 Å². The average molecular weight is 401 g/mol. The van der Waals surface area contributed by atoms with E-state index in [4.69, 9.17) is 5.73 Å². The van der Waals surface area contributed by atoms with Crippen molar-refractivity contribution in [1.82, 2.24) is 0 Å². The summed E-state index contributed by atoms with van der Waals surface area (Å²) in [6.45, 7) is 0. The van der Waals surface area contributed by atoms with Crippen molar-refractivity contribution < 1.29 is 0 Å². The molecule has 2 N–H and O–H groups in total. The minimum Gasteiger partial charge on any atom is -0.320 e. The summed E-state index contributed by atoms with van der Waals surface area (Å²) in [7, 11) is 0. The molecule has 0 saturated heterocycles. The van der Waals surface area contributed by atoms with E-state index in [1.165, 1.54) is 47.3 Å². The average Bonchev–Trinajstić information content (AvgIpc) is 2.77. The van der Waals surface area contributed by atoms with Crippen LogP contribution in [0.1, 0.15) is 40.5 Å². The van der Waals surface area contributed by atoms with Gasteiger partial charge in [-0.2, -0.15) is 0 Å². The number of halogens is 2. The van der Waals surface area contributed by atoms with Crippen LogP contribution in [0.25, 0.3) is 0 Å². The maximum atomic E-state index is 6.40. The Morgan fingerprint density at radius 2 is 1.79 bits per heavy atom. The number of fused-ring (bicyclic) bond motifs is 1. The van der Waals surface area contributed by atoms with Gasteiger partial charge in [-0.05, 0) is 80.3 Å². The summed E-state index contributed by atoms with van der Waals surface area (Å²) in [6.07, 6.45) is 5.06. The number of benzene rings is 1. The Morgan fingerprint density at radius 3 is 2.47 bits per heavy atom. The van der Waals surface area contributed by atoms with Gasteiger partial charge < -0.3 is 5.73 Å². The number of hydrogen-bond donors (Lipinski definition) is 1. The highest BCUT2D eigenvalue weighted by molar-refractivity contribution is 9.13. The molecule has 0 saturated carbocycles. The molecule has 1 nitrogen and oxygen atoms in total. The Hall–Kier alpha value is -0.160. The molecule has 0 radical (unpaired) electrons. The molecular weight excluding hydrogens is 386 g/mol. The molecule has 0 amide bonds. The van der Waals surface area contributed by atoms with Gasteiger partial charge >= 0.3 is 0 Å². The molecule has 1 aliphatic carbocycles. The molecule has 1 atom stereocenters. The summed E-state index contributed by atoms with van der Waals surface area (Å²) in [5, 5.41) is 0. The fraction of sp³-hybridized carbons (Fsp3) is 0.333. The Kier molecular flexibility index (Phi) is 4.13. The van der Waals surface area contributed by atoms with Crippen molar-refractivity contribution >= 4 is 43.2 Å². The fourth-order valence-corrected chi connectivity index (χ4v) is 4.75. The molecule has 1 aliphatic rings. The van der Waals surface area contributed by atoms with Crippen LogP contribution in [-0.4, -0.2) is 0 Å². The van der Waals surface area contributed by atoms with Crippen LogP contribution in [0, 0.1) is 0 Å². The van der Waals surface area contributed by atoms with E-state index in [2.05, 4.69) is 56.1 Å². The molecule has 0 aliphatic heterocycles. The largest absolute Gasteiger partial charge is 0.320 e. The molecule has 1 heterocycles. The summed E-state index contributed by atoms with van der Waals surface area (Å²) in [5.41, 5.74) is 10.6. The van der Waals surface area contributed by atoms with E-state index in [9.17, 15) is 0 Å². The maximum absolute atomic E-state index is 6.40. The van der Waals surface area contributed by atoms with Crippen LogP contribution in [0.15, 0.2) is 32.5 Å². The van der Waals surface area contributed by atoms with Gasteiger partial charge in [0.25, 0.3) is 0 Å². The van der Waals surface area contributed by atoms with Gasteiger partial charge in [-0.25, -0.2) is 0 Å². The first-order valence-electron chi connectivity index (χ1n) is 6.47. The van der Waals surface area contributed by atoms with Crippen molar-refractivity contribution in [2.45, 2.75) is 31.7 Å². The van der Waals surface area contributed by atoms with E-state index in [-0.39, 0.29) is 6.04 Å². The fourth-order valence-electron chi connectivity index (χ4n) is 2.63. The predicted octanol–water partition coefficient (Wildman–Crippen LogP) is 5.20. The Morgan fingerprint density at radius 1 is 1.05 bits per heavy atom. The van der Waals surface area contributed by atoms with E-state index >= 15 is 0 Å². The van der Waals surface area contributed by atoms with Crippen molar-refractivity contribution in [2.75, 3.05) is 0 Å². The highest BCUT2D eigenvalue weighted by Crippen LogP contribution is 2.37. The summed E-state index contributed by atoms with van der Waals surface area (Å²) in [4.78, 5) is 1.19. The monoisotopic (exact) mass is 399 g/mol. The molecule has 0 bridgehead atoms. The molecule has 3 rings (SSSR count). The predicted molar refractivity (Wildman–Crippen MR) is 88.8 cm³/mol. The minimum atomic E-state index is -0.0279. The normalized spacial score (nSPS) is 16.2. The van der Waals surface area contributed by atoms with E-state index in [1.54, 1.807) is 11.3 Å². The van der Waals surface area contributed by atoms with Gasteiger partial charge in [-0.3, -0.25) is 0 Å². The van der Waals surface area contributed by atoms with Crippen LogP contribution in [0.5, 0.6) is 0 Å². The summed E-state index contributed by atoms with van der Waals surface area (Å²) in [5.74, 6) is 0. The minimum absolute atomic E-state index is 0.0279. The highest BCUT2D eigenvalue weighted by atomic mass is 79.9. The summed E-state index contributed by atoms with van der Waals surface area (Å²) in [6, 6.07) is 8.84. The topological polar surface area (TPSA) is 26.0 Å². The van der Waals surface area contributed by atoms with Gasteiger partial charge in [0, 0.05) is 9.35 Å². The first-order valence-corrected chi connectivity index (χ1v) is 8.87. The smallest absolute Gasteiger partial charge is 0.0843 e. The molecule has 1 aromatic carbocycles. The Labute approximate surface area is 134 Å². The molecule has 1 unspecified atom stereocenters.